The summed E-state index contributed by atoms with van der Waals surface area (Å²) in [6.45, 7) is 2.75. The van der Waals surface area contributed by atoms with Gasteiger partial charge in [0, 0.05) is 25.7 Å². The van der Waals surface area contributed by atoms with Gasteiger partial charge in [0.2, 0.25) is 0 Å². The van der Waals surface area contributed by atoms with Crippen LogP contribution in [0.15, 0.2) is 12.4 Å². The van der Waals surface area contributed by atoms with Crippen LogP contribution < -0.4 is 10.2 Å². The van der Waals surface area contributed by atoms with Crippen LogP contribution in [0.4, 0.5) is 11.6 Å². The number of nitrogens with one attached hydrogen (secondary N) is 1. The summed E-state index contributed by atoms with van der Waals surface area (Å²) in [4.78, 5) is 10.8. The standard InChI is InChI=1S/C13H20N4O/c18-11(10-3-4-10)8-14-12-7-13(16-9-15-12)17-5-1-2-6-17/h7,9-11,18H,1-6,8H2,(H,14,15,16). The summed E-state index contributed by atoms with van der Waals surface area (Å²) >= 11 is 0. The molecule has 2 heterocycles. The van der Waals surface area contributed by atoms with Crippen molar-refractivity contribution in [2.75, 3.05) is 29.9 Å². The monoisotopic (exact) mass is 248 g/mol. The first-order valence-corrected chi connectivity index (χ1v) is 6.82. The van der Waals surface area contributed by atoms with Crippen LogP contribution in [0, 0.1) is 5.92 Å². The van der Waals surface area contributed by atoms with Crippen molar-refractivity contribution in [3.8, 4) is 0 Å². The second-order valence-electron chi connectivity index (χ2n) is 5.24. The van der Waals surface area contributed by atoms with E-state index in [2.05, 4.69) is 20.2 Å². The highest BCUT2D eigenvalue weighted by molar-refractivity contribution is 5.48. The zero-order chi connectivity index (χ0) is 12.4. The Labute approximate surface area is 107 Å². The summed E-state index contributed by atoms with van der Waals surface area (Å²) in [6, 6.07) is 1.98. The second-order valence-corrected chi connectivity index (χ2v) is 5.24. The number of hydrogen-bond acceptors (Lipinski definition) is 5. The number of aliphatic hydroxyl groups excluding tert-OH is 1. The number of nitrogens with zero attached hydrogens (tertiary/aromatic N) is 3. The van der Waals surface area contributed by atoms with E-state index in [-0.39, 0.29) is 6.10 Å². The normalized spacial score (nSPS) is 21.1. The van der Waals surface area contributed by atoms with Crippen LogP contribution >= 0.6 is 0 Å². The Hall–Kier alpha value is -1.36. The third-order valence-electron chi connectivity index (χ3n) is 3.74. The highest BCUT2D eigenvalue weighted by Gasteiger charge is 2.29. The fraction of sp³-hybridized carbons (Fsp3) is 0.692. The van der Waals surface area contributed by atoms with Gasteiger partial charge >= 0.3 is 0 Å². The maximum atomic E-state index is 9.81. The van der Waals surface area contributed by atoms with E-state index in [0.717, 1.165) is 37.6 Å². The maximum absolute atomic E-state index is 9.81. The minimum absolute atomic E-state index is 0.241. The molecule has 5 heteroatoms. The molecular formula is C13H20N4O. The van der Waals surface area contributed by atoms with Crippen LogP contribution in [-0.2, 0) is 0 Å². The number of aromatic nitrogens is 2. The van der Waals surface area contributed by atoms with Gasteiger partial charge in [-0.3, -0.25) is 0 Å². The van der Waals surface area contributed by atoms with E-state index < -0.39 is 0 Å². The Kier molecular flexibility index (Phi) is 3.32. The van der Waals surface area contributed by atoms with Crippen molar-refractivity contribution in [1.82, 2.24) is 9.97 Å². The van der Waals surface area contributed by atoms with E-state index in [9.17, 15) is 5.11 Å². The van der Waals surface area contributed by atoms with Crippen LogP contribution in [0.2, 0.25) is 0 Å². The predicted octanol–water partition coefficient (Wildman–Crippen LogP) is 1.26. The Bertz CT molecular complexity index is 402. The summed E-state index contributed by atoms with van der Waals surface area (Å²) in [5.74, 6) is 2.30. The highest BCUT2D eigenvalue weighted by Crippen LogP contribution is 2.32. The molecule has 3 rings (SSSR count). The fourth-order valence-corrected chi connectivity index (χ4v) is 2.42. The van der Waals surface area contributed by atoms with Crippen molar-refractivity contribution in [1.29, 1.82) is 0 Å². The third kappa shape index (κ3) is 2.72. The highest BCUT2D eigenvalue weighted by atomic mass is 16.3. The van der Waals surface area contributed by atoms with Gasteiger partial charge in [0.05, 0.1) is 6.10 Å². The van der Waals surface area contributed by atoms with Crippen LogP contribution in [0.25, 0.3) is 0 Å². The summed E-state index contributed by atoms with van der Waals surface area (Å²) in [6.07, 6.45) is 6.16. The first kappa shape index (κ1) is 11.7. The molecule has 2 N–H and O–H groups in total. The topological polar surface area (TPSA) is 61.3 Å². The Balaban J connectivity index is 1.59. The van der Waals surface area contributed by atoms with Crippen molar-refractivity contribution in [3.05, 3.63) is 12.4 Å². The molecule has 0 aromatic carbocycles. The van der Waals surface area contributed by atoms with Gasteiger partial charge in [0.15, 0.2) is 0 Å². The molecule has 1 aromatic heterocycles. The third-order valence-corrected chi connectivity index (χ3v) is 3.74. The van der Waals surface area contributed by atoms with Crippen molar-refractivity contribution in [2.24, 2.45) is 5.92 Å². The summed E-state index contributed by atoms with van der Waals surface area (Å²) in [7, 11) is 0. The van der Waals surface area contributed by atoms with Crippen LogP contribution in [0.1, 0.15) is 25.7 Å². The Morgan fingerprint density at radius 3 is 2.83 bits per heavy atom. The molecule has 1 saturated heterocycles. The molecule has 1 aromatic rings. The average molecular weight is 248 g/mol. The molecule has 1 atom stereocenters. The van der Waals surface area contributed by atoms with Crippen molar-refractivity contribution in [3.63, 3.8) is 0 Å². The smallest absolute Gasteiger partial charge is 0.134 e. The predicted molar refractivity (Wildman–Crippen MR) is 70.7 cm³/mol. The van der Waals surface area contributed by atoms with Crippen molar-refractivity contribution < 1.29 is 5.11 Å². The first-order valence-electron chi connectivity index (χ1n) is 6.82. The molecule has 0 bridgehead atoms. The number of hydrogen-bond donors (Lipinski definition) is 2. The number of anilines is 2. The molecule has 2 fully saturated rings. The molecule has 2 aliphatic rings. The summed E-state index contributed by atoms with van der Waals surface area (Å²) < 4.78 is 0. The summed E-state index contributed by atoms with van der Waals surface area (Å²) in [5.41, 5.74) is 0. The van der Waals surface area contributed by atoms with Gasteiger partial charge in [-0.15, -0.1) is 0 Å². The van der Waals surface area contributed by atoms with E-state index in [1.807, 2.05) is 6.07 Å². The van der Waals surface area contributed by atoms with Crippen molar-refractivity contribution in [2.45, 2.75) is 31.8 Å². The van der Waals surface area contributed by atoms with Gasteiger partial charge in [-0.05, 0) is 31.6 Å². The number of aliphatic hydroxyl groups is 1. The molecule has 18 heavy (non-hydrogen) atoms. The maximum Gasteiger partial charge on any atom is 0.134 e. The zero-order valence-electron chi connectivity index (χ0n) is 10.5. The minimum Gasteiger partial charge on any atom is -0.391 e. The van der Waals surface area contributed by atoms with Gasteiger partial charge in [-0.25, -0.2) is 9.97 Å². The Morgan fingerprint density at radius 1 is 1.33 bits per heavy atom. The van der Waals surface area contributed by atoms with Crippen molar-refractivity contribution >= 4 is 11.6 Å². The SMILES string of the molecule is OC(CNc1cc(N2CCCC2)ncn1)C1CC1. The second kappa shape index (κ2) is 5.10. The molecule has 98 valence electrons. The van der Waals surface area contributed by atoms with E-state index in [4.69, 9.17) is 0 Å². The van der Waals surface area contributed by atoms with Crippen LogP contribution in [0.5, 0.6) is 0 Å². The van der Waals surface area contributed by atoms with Gasteiger partial charge < -0.3 is 15.3 Å². The first-order chi connectivity index (χ1) is 8.83. The van der Waals surface area contributed by atoms with Crippen LogP contribution in [0.3, 0.4) is 0 Å². The van der Waals surface area contributed by atoms with E-state index in [1.165, 1.54) is 12.8 Å². The van der Waals surface area contributed by atoms with Gasteiger partial charge in [-0.2, -0.15) is 0 Å². The van der Waals surface area contributed by atoms with E-state index >= 15 is 0 Å². The lowest BCUT2D eigenvalue weighted by Gasteiger charge is -2.17. The molecule has 0 spiro atoms. The van der Waals surface area contributed by atoms with Gasteiger partial charge in [0.1, 0.15) is 18.0 Å². The quantitative estimate of drug-likeness (QED) is 0.821. The largest absolute Gasteiger partial charge is 0.391 e. The van der Waals surface area contributed by atoms with E-state index in [1.54, 1.807) is 6.33 Å². The molecule has 1 saturated carbocycles. The lowest BCUT2D eigenvalue weighted by Crippen LogP contribution is -2.23. The van der Waals surface area contributed by atoms with Crippen LogP contribution in [-0.4, -0.2) is 40.8 Å². The lowest BCUT2D eigenvalue weighted by atomic mass is 10.2. The molecule has 5 nitrogen and oxygen atoms in total. The molecule has 0 radical (unpaired) electrons. The van der Waals surface area contributed by atoms with Gasteiger partial charge in [0.25, 0.3) is 0 Å². The molecule has 0 amide bonds. The molecule has 1 unspecified atom stereocenters. The number of rotatable bonds is 5. The molecule has 1 aliphatic carbocycles. The lowest BCUT2D eigenvalue weighted by molar-refractivity contribution is 0.164. The Morgan fingerprint density at radius 2 is 2.11 bits per heavy atom. The average Bonchev–Trinajstić information content (AvgIpc) is 3.11. The zero-order valence-corrected chi connectivity index (χ0v) is 10.5. The molecular weight excluding hydrogens is 228 g/mol. The summed E-state index contributed by atoms with van der Waals surface area (Å²) in [5, 5.41) is 13.0. The van der Waals surface area contributed by atoms with E-state index in [0.29, 0.717) is 12.5 Å². The molecule has 1 aliphatic heterocycles. The van der Waals surface area contributed by atoms with Gasteiger partial charge in [-0.1, -0.05) is 0 Å². The minimum atomic E-state index is -0.241. The fourth-order valence-electron chi connectivity index (χ4n) is 2.42.